The van der Waals surface area contributed by atoms with Crippen LogP contribution in [0, 0.1) is 11.6 Å². The molecule has 3 rings (SSSR count). The van der Waals surface area contributed by atoms with Crippen molar-refractivity contribution in [2.75, 3.05) is 26.2 Å². The highest BCUT2D eigenvalue weighted by Gasteiger charge is 2.28. The quantitative estimate of drug-likeness (QED) is 0.653. The molecule has 0 spiro atoms. The molecule has 1 heterocycles. The average Bonchev–Trinajstić information content (AvgIpc) is 2.64. The zero-order valence-corrected chi connectivity index (χ0v) is 16.1. The highest BCUT2D eigenvalue weighted by atomic mass is 35.5. The lowest BCUT2D eigenvalue weighted by atomic mass is 10.1. The molecule has 0 N–H and O–H groups in total. The van der Waals surface area contributed by atoms with E-state index in [1.165, 1.54) is 21.9 Å². The van der Waals surface area contributed by atoms with Gasteiger partial charge in [0, 0.05) is 26.2 Å². The summed E-state index contributed by atoms with van der Waals surface area (Å²) >= 11 is 17.6. The van der Waals surface area contributed by atoms with Crippen molar-refractivity contribution in [3.8, 4) is 0 Å². The first-order valence-corrected chi connectivity index (χ1v) is 9.09. The van der Waals surface area contributed by atoms with Crippen LogP contribution in [0.3, 0.4) is 0 Å². The molecule has 0 radical (unpaired) electrons. The first kappa shape index (κ1) is 19.9. The number of carbonyl (C=O) groups is 2. The molecule has 27 heavy (non-hydrogen) atoms. The number of amides is 2. The first-order chi connectivity index (χ1) is 12.8. The van der Waals surface area contributed by atoms with Gasteiger partial charge in [-0.25, -0.2) is 8.78 Å². The van der Waals surface area contributed by atoms with Crippen LogP contribution in [-0.4, -0.2) is 47.8 Å². The standard InChI is InChI=1S/C18H13Cl3F2N2O2/c19-13-7-10(22)1-2-11(13)17(26)24-3-5-25(6-4-24)18(27)12-8-16(23)15(21)9-14(12)20/h1-2,7-9H,3-6H2. The van der Waals surface area contributed by atoms with Crippen LogP contribution in [0.2, 0.25) is 15.1 Å². The monoisotopic (exact) mass is 432 g/mol. The molecule has 0 saturated carbocycles. The number of hydrogen-bond acceptors (Lipinski definition) is 2. The van der Waals surface area contributed by atoms with E-state index in [1.807, 2.05) is 0 Å². The van der Waals surface area contributed by atoms with Crippen molar-refractivity contribution < 1.29 is 18.4 Å². The number of nitrogens with zero attached hydrogens (tertiary/aromatic N) is 2. The topological polar surface area (TPSA) is 40.6 Å². The van der Waals surface area contributed by atoms with E-state index in [0.29, 0.717) is 0 Å². The third-order valence-electron chi connectivity index (χ3n) is 4.26. The lowest BCUT2D eigenvalue weighted by Crippen LogP contribution is -2.50. The smallest absolute Gasteiger partial charge is 0.255 e. The predicted molar refractivity (Wildman–Crippen MR) is 99.6 cm³/mol. The Hall–Kier alpha value is -1.89. The minimum atomic E-state index is -0.732. The molecule has 0 aliphatic carbocycles. The number of piperazine rings is 1. The largest absolute Gasteiger partial charge is 0.335 e. The second-order valence-electron chi connectivity index (χ2n) is 5.95. The normalized spacial score (nSPS) is 14.4. The zero-order valence-electron chi connectivity index (χ0n) is 13.8. The van der Waals surface area contributed by atoms with E-state index in [1.54, 1.807) is 0 Å². The van der Waals surface area contributed by atoms with Crippen LogP contribution >= 0.6 is 34.8 Å². The summed E-state index contributed by atoms with van der Waals surface area (Å²) in [7, 11) is 0. The van der Waals surface area contributed by atoms with Crippen LogP contribution in [0.15, 0.2) is 30.3 Å². The van der Waals surface area contributed by atoms with Crippen LogP contribution in [0.1, 0.15) is 20.7 Å². The highest BCUT2D eigenvalue weighted by Crippen LogP contribution is 2.26. The van der Waals surface area contributed by atoms with Crippen molar-refractivity contribution in [3.05, 3.63) is 68.2 Å². The van der Waals surface area contributed by atoms with Crippen LogP contribution in [0.5, 0.6) is 0 Å². The third-order valence-corrected chi connectivity index (χ3v) is 5.17. The Bertz CT molecular complexity index is 916. The molecule has 9 heteroatoms. The van der Waals surface area contributed by atoms with Gasteiger partial charge in [-0.3, -0.25) is 9.59 Å². The zero-order chi connectivity index (χ0) is 19.7. The minimum Gasteiger partial charge on any atom is -0.335 e. The predicted octanol–water partition coefficient (Wildman–Crippen LogP) is 4.52. The summed E-state index contributed by atoms with van der Waals surface area (Å²) in [5.41, 5.74) is 0.209. The van der Waals surface area contributed by atoms with Crippen molar-refractivity contribution in [3.63, 3.8) is 0 Å². The maximum atomic E-state index is 13.7. The Morgan fingerprint density at radius 3 is 1.81 bits per heavy atom. The van der Waals surface area contributed by atoms with Crippen LogP contribution in [-0.2, 0) is 0 Å². The van der Waals surface area contributed by atoms with Crippen molar-refractivity contribution in [1.82, 2.24) is 9.80 Å². The molecule has 0 aromatic heterocycles. The summed E-state index contributed by atoms with van der Waals surface area (Å²) < 4.78 is 26.8. The van der Waals surface area contributed by atoms with E-state index in [4.69, 9.17) is 34.8 Å². The number of halogens is 5. The van der Waals surface area contributed by atoms with E-state index < -0.39 is 17.5 Å². The van der Waals surface area contributed by atoms with Gasteiger partial charge in [-0.05, 0) is 30.3 Å². The number of hydrogen-bond donors (Lipinski definition) is 0. The summed E-state index contributed by atoms with van der Waals surface area (Å²) in [6.07, 6.45) is 0. The molecule has 1 fully saturated rings. The molecular weight excluding hydrogens is 421 g/mol. The number of benzene rings is 2. The van der Waals surface area contributed by atoms with E-state index in [0.717, 1.165) is 18.2 Å². The lowest BCUT2D eigenvalue weighted by molar-refractivity contribution is 0.0535. The third kappa shape index (κ3) is 4.18. The van der Waals surface area contributed by atoms with Crippen molar-refractivity contribution in [2.24, 2.45) is 0 Å². The summed E-state index contributed by atoms with van der Waals surface area (Å²) in [4.78, 5) is 28.1. The van der Waals surface area contributed by atoms with Gasteiger partial charge in [-0.1, -0.05) is 34.8 Å². The highest BCUT2D eigenvalue weighted by molar-refractivity contribution is 6.36. The second-order valence-corrected chi connectivity index (χ2v) is 7.18. The molecule has 1 saturated heterocycles. The summed E-state index contributed by atoms with van der Waals surface area (Å²) in [6.45, 7) is 0.992. The Labute approximate surface area is 169 Å². The first-order valence-electron chi connectivity index (χ1n) is 7.96. The van der Waals surface area contributed by atoms with Gasteiger partial charge in [0.05, 0.1) is 26.2 Å². The maximum absolute atomic E-state index is 13.7. The molecule has 0 atom stereocenters. The van der Waals surface area contributed by atoms with Crippen LogP contribution in [0.25, 0.3) is 0 Å². The molecule has 1 aliphatic rings. The Morgan fingerprint density at radius 2 is 1.26 bits per heavy atom. The van der Waals surface area contributed by atoms with E-state index >= 15 is 0 Å². The number of carbonyl (C=O) groups excluding carboxylic acids is 2. The van der Waals surface area contributed by atoms with Gasteiger partial charge in [0.2, 0.25) is 0 Å². The maximum Gasteiger partial charge on any atom is 0.255 e. The summed E-state index contributed by atoms with van der Waals surface area (Å²) in [5.74, 6) is -2.05. The van der Waals surface area contributed by atoms with Gasteiger partial charge in [0.15, 0.2) is 0 Å². The lowest BCUT2D eigenvalue weighted by Gasteiger charge is -2.35. The van der Waals surface area contributed by atoms with Gasteiger partial charge in [0.1, 0.15) is 11.6 Å². The Kier molecular flexibility index (Phi) is 5.89. The van der Waals surface area contributed by atoms with E-state index in [9.17, 15) is 18.4 Å². The molecule has 0 bridgehead atoms. The van der Waals surface area contributed by atoms with Gasteiger partial charge < -0.3 is 9.80 Å². The molecule has 2 amide bonds. The Morgan fingerprint density at radius 1 is 0.741 bits per heavy atom. The molecular formula is C18H13Cl3F2N2O2. The van der Waals surface area contributed by atoms with Crippen LogP contribution in [0.4, 0.5) is 8.78 Å². The van der Waals surface area contributed by atoms with Crippen molar-refractivity contribution >= 4 is 46.6 Å². The second kappa shape index (κ2) is 8.00. The molecule has 2 aromatic carbocycles. The Balaban J connectivity index is 1.69. The average molecular weight is 434 g/mol. The van der Waals surface area contributed by atoms with Gasteiger partial charge in [0.25, 0.3) is 11.8 Å². The fraction of sp³-hybridized carbons (Fsp3) is 0.222. The molecule has 2 aromatic rings. The van der Waals surface area contributed by atoms with Crippen molar-refractivity contribution in [1.29, 1.82) is 0 Å². The fourth-order valence-electron chi connectivity index (χ4n) is 2.80. The summed E-state index contributed by atoms with van der Waals surface area (Å²) in [6, 6.07) is 5.75. The number of rotatable bonds is 2. The summed E-state index contributed by atoms with van der Waals surface area (Å²) in [5, 5.41) is -0.0759. The van der Waals surface area contributed by atoms with Gasteiger partial charge >= 0.3 is 0 Å². The fourth-order valence-corrected chi connectivity index (χ4v) is 3.51. The minimum absolute atomic E-state index is 0.0138. The SMILES string of the molecule is O=C(c1ccc(F)cc1Cl)N1CCN(C(=O)c2cc(F)c(Cl)cc2Cl)CC1. The van der Waals surface area contributed by atoms with Gasteiger partial charge in [-0.2, -0.15) is 0 Å². The molecule has 1 aliphatic heterocycles. The van der Waals surface area contributed by atoms with E-state index in [-0.39, 0.29) is 58.3 Å². The molecule has 0 unspecified atom stereocenters. The van der Waals surface area contributed by atoms with Crippen molar-refractivity contribution in [2.45, 2.75) is 0 Å². The van der Waals surface area contributed by atoms with Gasteiger partial charge in [-0.15, -0.1) is 0 Å². The molecule has 4 nitrogen and oxygen atoms in total. The van der Waals surface area contributed by atoms with E-state index in [2.05, 4.69) is 0 Å². The molecule has 142 valence electrons. The van der Waals surface area contributed by atoms with Crippen LogP contribution < -0.4 is 0 Å².